The maximum absolute atomic E-state index is 12.7. The fourth-order valence-electron chi connectivity index (χ4n) is 1.77. The Balaban J connectivity index is 1.91. The lowest BCUT2D eigenvalue weighted by Gasteiger charge is -2.07. The number of aromatic nitrogens is 2. The van der Waals surface area contributed by atoms with Crippen LogP contribution >= 0.6 is 23.1 Å². The zero-order valence-electron chi connectivity index (χ0n) is 11.5. The van der Waals surface area contributed by atoms with Gasteiger partial charge in [0.15, 0.2) is 0 Å². The molecule has 2 aromatic heterocycles. The van der Waals surface area contributed by atoms with Gasteiger partial charge in [0.2, 0.25) is 0 Å². The highest BCUT2D eigenvalue weighted by Gasteiger charge is 2.33. The van der Waals surface area contributed by atoms with Crippen molar-refractivity contribution in [1.82, 2.24) is 10.2 Å². The average molecular weight is 373 g/mol. The van der Waals surface area contributed by atoms with Crippen LogP contribution < -0.4 is 0 Å². The van der Waals surface area contributed by atoms with Crippen LogP contribution in [-0.2, 0) is 6.18 Å². The van der Waals surface area contributed by atoms with Gasteiger partial charge >= 0.3 is 6.18 Å². The number of alkyl halides is 3. The monoisotopic (exact) mass is 373 g/mol. The third kappa shape index (κ3) is 3.41. The molecule has 0 bridgehead atoms. The average Bonchev–Trinajstić information content (AvgIpc) is 3.16. The molecule has 0 saturated carbocycles. The largest absolute Gasteiger partial charge is 0.416 e. The van der Waals surface area contributed by atoms with E-state index in [9.17, 15) is 23.3 Å². The Morgan fingerprint density at radius 2 is 2.04 bits per heavy atom. The van der Waals surface area contributed by atoms with Gasteiger partial charge in [0.05, 0.1) is 20.3 Å². The second-order valence-corrected chi connectivity index (χ2v) is 6.33. The fourth-order valence-corrected chi connectivity index (χ4v) is 3.18. The van der Waals surface area contributed by atoms with Crippen molar-refractivity contribution in [3.8, 4) is 10.8 Å². The zero-order chi connectivity index (χ0) is 17.3. The maximum Gasteiger partial charge on any atom is 0.416 e. The molecular weight excluding hydrogens is 367 g/mol. The molecule has 24 heavy (non-hydrogen) atoms. The summed E-state index contributed by atoms with van der Waals surface area (Å²) in [6.07, 6.45) is -4.66. The normalized spacial score (nSPS) is 11.6. The van der Waals surface area contributed by atoms with Crippen molar-refractivity contribution < 1.29 is 22.5 Å². The van der Waals surface area contributed by atoms with E-state index in [1.807, 2.05) is 5.38 Å². The molecule has 124 valence electrons. The van der Waals surface area contributed by atoms with E-state index in [2.05, 4.69) is 10.2 Å². The van der Waals surface area contributed by atoms with Crippen LogP contribution in [0.2, 0.25) is 0 Å². The molecule has 0 atom stereocenters. The van der Waals surface area contributed by atoms with Crippen molar-refractivity contribution in [3.05, 3.63) is 51.4 Å². The molecule has 3 rings (SSSR count). The molecule has 0 spiro atoms. The SMILES string of the molecule is O=[N+]([O-])c1cc(C(F)(F)F)ccc1Sc1nnc(-c2cccs2)o1. The fraction of sp³-hybridized carbons (Fsp3) is 0.0769. The Kier molecular flexibility index (Phi) is 4.28. The Hall–Kier alpha value is -2.40. The molecule has 0 amide bonds. The first-order valence-electron chi connectivity index (χ1n) is 6.25. The molecule has 0 aliphatic carbocycles. The Morgan fingerprint density at radius 1 is 1.25 bits per heavy atom. The number of nitrogens with zero attached hydrogens (tertiary/aromatic N) is 3. The Labute approximate surface area is 140 Å². The number of rotatable bonds is 4. The van der Waals surface area contributed by atoms with Crippen molar-refractivity contribution in [2.45, 2.75) is 16.3 Å². The Morgan fingerprint density at radius 3 is 2.67 bits per heavy atom. The molecule has 3 aromatic rings. The van der Waals surface area contributed by atoms with Crippen LogP contribution in [0.25, 0.3) is 10.8 Å². The first-order chi connectivity index (χ1) is 11.3. The van der Waals surface area contributed by atoms with E-state index < -0.39 is 22.4 Å². The molecular formula is C13H6F3N3O3S2. The van der Waals surface area contributed by atoms with Crippen LogP contribution in [-0.4, -0.2) is 15.1 Å². The van der Waals surface area contributed by atoms with Crippen molar-refractivity contribution in [1.29, 1.82) is 0 Å². The van der Waals surface area contributed by atoms with Gasteiger partial charge in [0.25, 0.3) is 16.8 Å². The highest BCUT2D eigenvalue weighted by Crippen LogP contribution is 2.39. The van der Waals surface area contributed by atoms with Crippen LogP contribution in [0.5, 0.6) is 0 Å². The van der Waals surface area contributed by atoms with Gasteiger partial charge in [-0.3, -0.25) is 10.1 Å². The summed E-state index contributed by atoms with van der Waals surface area (Å²) < 4.78 is 43.4. The predicted molar refractivity (Wildman–Crippen MR) is 79.8 cm³/mol. The molecule has 0 radical (unpaired) electrons. The van der Waals surface area contributed by atoms with Crippen LogP contribution in [0.1, 0.15) is 5.56 Å². The van der Waals surface area contributed by atoms with Crippen LogP contribution in [0, 0.1) is 10.1 Å². The molecule has 0 unspecified atom stereocenters. The topological polar surface area (TPSA) is 82.1 Å². The number of benzene rings is 1. The van der Waals surface area contributed by atoms with E-state index in [0.717, 1.165) is 28.8 Å². The van der Waals surface area contributed by atoms with Gasteiger partial charge < -0.3 is 4.42 Å². The van der Waals surface area contributed by atoms with E-state index in [1.54, 1.807) is 12.1 Å². The lowest BCUT2D eigenvalue weighted by atomic mass is 10.2. The highest BCUT2D eigenvalue weighted by molar-refractivity contribution is 7.99. The number of hydrogen-bond acceptors (Lipinski definition) is 7. The van der Waals surface area contributed by atoms with Crippen LogP contribution in [0.3, 0.4) is 0 Å². The predicted octanol–water partition coefficient (Wildman–Crippen LogP) is 4.88. The van der Waals surface area contributed by atoms with E-state index in [0.29, 0.717) is 6.07 Å². The molecule has 0 saturated heterocycles. The summed E-state index contributed by atoms with van der Waals surface area (Å²) in [6, 6.07) is 5.82. The van der Waals surface area contributed by atoms with Gasteiger partial charge in [0, 0.05) is 6.07 Å². The molecule has 0 aliphatic heterocycles. The smallest absolute Gasteiger partial charge is 0.410 e. The zero-order valence-corrected chi connectivity index (χ0v) is 13.1. The molecule has 1 aromatic carbocycles. The number of nitro groups is 1. The van der Waals surface area contributed by atoms with Gasteiger partial charge in [-0.2, -0.15) is 13.2 Å². The molecule has 0 fully saturated rings. The molecule has 0 N–H and O–H groups in total. The third-order valence-electron chi connectivity index (χ3n) is 2.82. The lowest BCUT2D eigenvalue weighted by molar-refractivity contribution is -0.388. The molecule has 11 heteroatoms. The van der Waals surface area contributed by atoms with Crippen LogP contribution in [0.15, 0.2) is 50.2 Å². The quantitative estimate of drug-likeness (QED) is 0.479. The summed E-state index contributed by atoms with van der Waals surface area (Å²) in [5.74, 6) is 0.238. The first-order valence-corrected chi connectivity index (χ1v) is 7.95. The van der Waals surface area contributed by atoms with Gasteiger partial charge in [-0.15, -0.1) is 21.5 Å². The summed E-state index contributed by atoms with van der Waals surface area (Å²) in [6.45, 7) is 0. The number of halogens is 3. The van der Waals surface area contributed by atoms with E-state index in [-0.39, 0.29) is 16.0 Å². The summed E-state index contributed by atoms with van der Waals surface area (Å²) in [7, 11) is 0. The molecule has 2 heterocycles. The van der Waals surface area contributed by atoms with E-state index >= 15 is 0 Å². The number of thiophene rings is 1. The highest BCUT2D eigenvalue weighted by atomic mass is 32.2. The van der Waals surface area contributed by atoms with E-state index in [1.165, 1.54) is 11.3 Å². The summed E-state index contributed by atoms with van der Waals surface area (Å²) in [4.78, 5) is 10.9. The number of nitro benzene ring substituents is 1. The summed E-state index contributed by atoms with van der Waals surface area (Å²) in [5, 5.41) is 20.4. The second kappa shape index (κ2) is 6.24. The minimum absolute atomic E-state index is 0.00117. The van der Waals surface area contributed by atoms with Gasteiger partial charge in [-0.1, -0.05) is 6.07 Å². The summed E-state index contributed by atoms with van der Waals surface area (Å²) in [5.41, 5.74) is -1.77. The standard InChI is InChI=1S/C13H6F3N3O3S2/c14-13(15,16)7-3-4-9(8(6-7)19(20)21)24-12-18-17-11(22-12)10-2-1-5-23-10/h1-6H. The van der Waals surface area contributed by atoms with Crippen molar-refractivity contribution in [3.63, 3.8) is 0 Å². The minimum Gasteiger partial charge on any atom is -0.410 e. The van der Waals surface area contributed by atoms with E-state index in [4.69, 9.17) is 4.42 Å². The number of hydrogen-bond donors (Lipinski definition) is 0. The van der Waals surface area contributed by atoms with Gasteiger partial charge in [-0.05, 0) is 35.3 Å². The lowest BCUT2D eigenvalue weighted by Crippen LogP contribution is -2.05. The minimum atomic E-state index is -4.66. The maximum atomic E-state index is 12.7. The third-order valence-corrected chi connectivity index (χ3v) is 4.58. The summed E-state index contributed by atoms with van der Waals surface area (Å²) >= 11 is 2.10. The van der Waals surface area contributed by atoms with Gasteiger partial charge in [-0.25, -0.2) is 0 Å². The Bertz CT molecular complexity index is 878. The van der Waals surface area contributed by atoms with Gasteiger partial charge in [0.1, 0.15) is 0 Å². The van der Waals surface area contributed by atoms with Crippen molar-refractivity contribution >= 4 is 28.8 Å². The first kappa shape index (κ1) is 16.5. The molecule has 0 aliphatic rings. The molecule has 6 nitrogen and oxygen atoms in total. The second-order valence-electron chi connectivity index (χ2n) is 4.39. The van der Waals surface area contributed by atoms with Crippen LogP contribution in [0.4, 0.5) is 18.9 Å². The van der Waals surface area contributed by atoms with Crippen molar-refractivity contribution in [2.75, 3.05) is 0 Å². The van der Waals surface area contributed by atoms with Crippen molar-refractivity contribution in [2.24, 2.45) is 0 Å².